The number of carbonyl (C=O) groups excluding carboxylic acids is 1. The summed E-state index contributed by atoms with van der Waals surface area (Å²) in [6, 6.07) is 3.61. The number of fused-ring (bicyclic) bond motifs is 1. The fourth-order valence-electron chi connectivity index (χ4n) is 2.16. The van der Waals surface area contributed by atoms with Crippen LogP contribution in [0.1, 0.15) is 22.3 Å². The summed E-state index contributed by atoms with van der Waals surface area (Å²) < 4.78 is 0. The predicted molar refractivity (Wildman–Crippen MR) is 69.5 cm³/mol. The molecule has 20 heavy (non-hydrogen) atoms. The fourth-order valence-corrected chi connectivity index (χ4v) is 2.16. The summed E-state index contributed by atoms with van der Waals surface area (Å²) in [4.78, 5) is 35.2. The van der Waals surface area contributed by atoms with E-state index in [0.29, 0.717) is 11.3 Å². The van der Waals surface area contributed by atoms with Crippen LogP contribution in [0.25, 0.3) is 0 Å². The molecule has 106 valence electrons. The Morgan fingerprint density at radius 1 is 1.40 bits per heavy atom. The van der Waals surface area contributed by atoms with Gasteiger partial charge in [-0.3, -0.25) is 9.59 Å². The number of nitrogens with zero attached hydrogens (tertiary/aromatic N) is 1. The van der Waals surface area contributed by atoms with E-state index >= 15 is 0 Å². The molecular weight excluding hydrogens is 264 g/mol. The lowest BCUT2D eigenvalue weighted by molar-refractivity contribution is -0.141. The normalized spacial score (nSPS) is 17.9. The lowest BCUT2D eigenvalue weighted by Gasteiger charge is -2.19. The highest BCUT2D eigenvalue weighted by molar-refractivity contribution is 5.91. The third-order valence-corrected chi connectivity index (χ3v) is 3.14. The van der Waals surface area contributed by atoms with Crippen molar-refractivity contribution in [3.8, 4) is 0 Å². The molecule has 2 rings (SSSR count). The molecule has 0 fully saturated rings. The van der Waals surface area contributed by atoms with Crippen LogP contribution in [0.2, 0.25) is 0 Å². The van der Waals surface area contributed by atoms with E-state index in [1.54, 1.807) is 13.1 Å². The highest BCUT2D eigenvalue weighted by atomic mass is 16.4. The minimum atomic E-state index is -1.07. The number of amides is 1. The Kier molecular flexibility index (Phi) is 3.60. The average Bonchev–Trinajstić information content (AvgIpc) is 2.47. The van der Waals surface area contributed by atoms with E-state index < -0.39 is 18.0 Å². The van der Waals surface area contributed by atoms with Gasteiger partial charge >= 0.3 is 11.9 Å². The minimum absolute atomic E-state index is 0.128. The zero-order chi connectivity index (χ0) is 14.9. The van der Waals surface area contributed by atoms with E-state index in [1.807, 2.05) is 0 Å². The van der Waals surface area contributed by atoms with E-state index in [1.165, 1.54) is 17.0 Å². The third kappa shape index (κ3) is 2.71. The molecular formula is C13H14N2O5. The lowest BCUT2D eigenvalue weighted by atomic mass is 10.1. The van der Waals surface area contributed by atoms with Gasteiger partial charge in [-0.1, -0.05) is 0 Å². The van der Waals surface area contributed by atoms with E-state index in [-0.39, 0.29) is 24.4 Å². The molecule has 1 aromatic rings. The van der Waals surface area contributed by atoms with Crippen molar-refractivity contribution >= 4 is 23.5 Å². The largest absolute Gasteiger partial charge is 0.481 e. The maximum Gasteiger partial charge on any atom is 0.335 e. The number of rotatable bonds is 3. The number of carboxylic acids is 2. The number of benzene rings is 1. The van der Waals surface area contributed by atoms with E-state index in [0.717, 1.165) is 0 Å². The number of nitrogens with one attached hydrogen (secondary N) is 1. The Balaban J connectivity index is 2.37. The standard InChI is InChI=1S/C13H14N2O5/c1-15-6-8-4-7(13(19)20)2-3-9(8)14-10(12(15)18)5-11(16)17/h2-4,10,14H,5-6H2,1H3,(H,16,17)(H,19,20)/t10-/m1/s1. The van der Waals surface area contributed by atoms with Crippen molar-refractivity contribution in [2.45, 2.75) is 19.0 Å². The van der Waals surface area contributed by atoms with Crippen molar-refractivity contribution in [1.29, 1.82) is 0 Å². The fraction of sp³-hybridized carbons (Fsp3) is 0.308. The van der Waals surface area contributed by atoms with Crippen LogP contribution in [0, 0.1) is 0 Å². The second kappa shape index (κ2) is 5.20. The van der Waals surface area contributed by atoms with E-state index in [2.05, 4.69) is 5.32 Å². The molecule has 0 saturated carbocycles. The molecule has 1 atom stereocenters. The molecule has 0 saturated heterocycles. The summed E-state index contributed by atoms with van der Waals surface area (Å²) in [5, 5.41) is 20.7. The first-order valence-corrected chi connectivity index (χ1v) is 5.98. The molecule has 1 amide bonds. The molecule has 0 bridgehead atoms. The number of carbonyl (C=O) groups is 3. The maximum absolute atomic E-state index is 12.1. The van der Waals surface area contributed by atoms with Crippen molar-refractivity contribution in [3.05, 3.63) is 29.3 Å². The van der Waals surface area contributed by atoms with Gasteiger partial charge in [0.25, 0.3) is 0 Å². The molecule has 7 nitrogen and oxygen atoms in total. The zero-order valence-electron chi connectivity index (χ0n) is 10.8. The summed E-state index contributed by atoms with van der Waals surface area (Å²) in [5.41, 5.74) is 1.36. The van der Waals surface area contributed by atoms with E-state index in [9.17, 15) is 14.4 Å². The van der Waals surface area contributed by atoms with Crippen molar-refractivity contribution in [2.24, 2.45) is 0 Å². The van der Waals surface area contributed by atoms with Gasteiger partial charge < -0.3 is 20.4 Å². The van der Waals surface area contributed by atoms with Gasteiger partial charge in [-0.05, 0) is 23.8 Å². The number of likely N-dealkylation sites (N-methyl/N-ethyl adjacent to an activating group) is 1. The number of aliphatic carboxylic acids is 1. The summed E-state index contributed by atoms with van der Waals surface area (Å²) in [5.74, 6) is -2.46. The van der Waals surface area contributed by atoms with Crippen molar-refractivity contribution in [3.63, 3.8) is 0 Å². The number of hydrogen-bond donors (Lipinski definition) is 3. The molecule has 1 aliphatic rings. The van der Waals surface area contributed by atoms with Crippen LogP contribution in [-0.4, -0.2) is 46.0 Å². The molecule has 1 aliphatic heterocycles. The van der Waals surface area contributed by atoms with Crippen molar-refractivity contribution in [1.82, 2.24) is 4.90 Å². The summed E-state index contributed by atoms with van der Waals surface area (Å²) in [6.45, 7) is 0.235. The smallest absolute Gasteiger partial charge is 0.335 e. The van der Waals surface area contributed by atoms with Crippen LogP contribution in [0.3, 0.4) is 0 Å². The van der Waals surface area contributed by atoms with Crippen LogP contribution >= 0.6 is 0 Å². The van der Waals surface area contributed by atoms with Gasteiger partial charge in [0.15, 0.2) is 0 Å². The first-order chi connectivity index (χ1) is 9.38. The van der Waals surface area contributed by atoms with Crippen LogP contribution in [0.15, 0.2) is 18.2 Å². The molecule has 0 aromatic heterocycles. The van der Waals surface area contributed by atoms with Crippen LogP contribution in [0.4, 0.5) is 5.69 Å². The summed E-state index contributed by atoms with van der Waals surface area (Å²) >= 11 is 0. The van der Waals surface area contributed by atoms with Crippen LogP contribution < -0.4 is 5.32 Å². The second-order valence-electron chi connectivity index (χ2n) is 4.67. The molecule has 0 spiro atoms. The Morgan fingerprint density at radius 3 is 2.70 bits per heavy atom. The first-order valence-electron chi connectivity index (χ1n) is 5.98. The van der Waals surface area contributed by atoms with Crippen molar-refractivity contribution in [2.75, 3.05) is 12.4 Å². The third-order valence-electron chi connectivity index (χ3n) is 3.14. The van der Waals surface area contributed by atoms with Gasteiger partial charge in [0, 0.05) is 19.3 Å². The zero-order valence-corrected chi connectivity index (χ0v) is 10.8. The number of aromatic carboxylic acids is 1. The first kappa shape index (κ1) is 13.9. The Morgan fingerprint density at radius 2 is 2.10 bits per heavy atom. The average molecular weight is 278 g/mol. The second-order valence-corrected chi connectivity index (χ2v) is 4.67. The van der Waals surface area contributed by atoms with Gasteiger partial charge in [0.05, 0.1) is 12.0 Å². The van der Waals surface area contributed by atoms with Crippen LogP contribution in [-0.2, 0) is 16.1 Å². The van der Waals surface area contributed by atoms with Gasteiger partial charge in [-0.25, -0.2) is 4.79 Å². The SMILES string of the molecule is CN1Cc2cc(C(=O)O)ccc2N[C@H](CC(=O)O)C1=O. The lowest BCUT2D eigenvalue weighted by Crippen LogP contribution is -2.39. The number of anilines is 1. The highest BCUT2D eigenvalue weighted by Gasteiger charge is 2.29. The highest BCUT2D eigenvalue weighted by Crippen LogP contribution is 2.24. The van der Waals surface area contributed by atoms with Gasteiger partial charge in [0.1, 0.15) is 6.04 Å². The predicted octanol–water partition coefficient (Wildman–Crippen LogP) is 0.612. The number of hydrogen-bond acceptors (Lipinski definition) is 4. The summed E-state index contributed by atoms with van der Waals surface area (Å²) in [6.07, 6.45) is -0.330. The molecule has 3 N–H and O–H groups in total. The maximum atomic E-state index is 12.1. The van der Waals surface area contributed by atoms with Gasteiger partial charge in [0.2, 0.25) is 5.91 Å². The van der Waals surface area contributed by atoms with Crippen molar-refractivity contribution < 1.29 is 24.6 Å². The summed E-state index contributed by atoms with van der Waals surface area (Å²) in [7, 11) is 1.56. The molecule has 0 unspecified atom stereocenters. The molecule has 7 heteroatoms. The number of carboxylic acid groups (broad SMARTS) is 2. The van der Waals surface area contributed by atoms with Crippen LogP contribution in [0.5, 0.6) is 0 Å². The Bertz CT molecular complexity index is 584. The Labute approximate surface area is 114 Å². The molecule has 0 radical (unpaired) electrons. The molecule has 1 aromatic carbocycles. The quantitative estimate of drug-likeness (QED) is 0.748. The Hall–Kier alpha value is -2.57. The molecule has 0 aliphatic carbocycles. The monoisotopic (exact) mass is 278 g/mol. The van der Waals surface area contributed by atoms with Gasteiger partial charge in [-0.15, -0.1) is 0 Å². The topological polar surface area (TPSA) is 107 Å². The molecule has 1 heterocycles. The van der Waals surface area contributed by atoms with E-state index in [4.69, 9.17) is 10.2 Å². The minimum Gasteiger partial charge on any atom is -0.481 e. The van der Waals surface area contributed by atoms with Gasteiger partial charge in [-0.2, -0.15) is 0 Å².